The average Bonchev–Trinajstić information content (AvgIpc) is 2.35. The summed E-state index contributed by atoms with van der Waals surface area (Å²) in [6.45, 7) is 10.0. The number of hydrogen-bond donors (Lipinski definition) is 2. The van der Waals surface area contributed by atoms with Gasteiger partial charge in [-0.1, -0.05) is 36.7 Å². The van der Waals surface area contributed by atoms with Crippen molar-refractivity contribution in [3.63, 3.8) is 0 Å². The lowest BCUT2D eigenvalue weighted by Gasteiger charge is -2.42. The molecule has 3 nitrogen and oxygen atoms in total. The van der Waals surface area contributed by atoms with Crippen molar-refractivity contribution in [2.45, 2.75) is 26.8 Å². The Hall–Kier alpha value is -0.0700. The molecule has 1 aromatic rings. The van der Waals surface area contributed by atoms with Crippen LogP contribution in [0.25, 0.3) is 0 Å². The van der Waals surface area contributed by atoms with E-state index in [9.17, 15) is 9.50 Å². The van der Waals surface area contributed by atoms with Gasteiger partial charge in [-0.2, -0.15) is 0 Å². The van der Waals surface area contributed by atoms with E-state index in [2.05, 4.69) is 46.9 Å². The maximum Gasteiger partial charge on any atom is 0.166 e. The van der Waals surface area contributed by atoms with Crippen molar-refractivity contribution in [3.8, 4) is 5.75 Å². The van der Waals surface area contributed by atoms with Crippen molar-refractivity contribution in [2.75, 3.05) is 26.2 Å². The van der Waals surface area contributed by atoms with Gasteiger partial charge in [-0.05, 0) is 17.5 Å². The third-order valence-corrected chi connectivity index (χ3v) is 4.15. The molecule has 1 fully saturated rings. The zero-order valence-electron chi connectivity index (χ0n) is 13.0. The van der Waals surface area contributed by atoms with Gasteiger partial charge in [-0.15, -0.1) is 24.8 Å². The van der Waals surface area contributed by atoms with E-state index >= 15 is 0 Å². The fraction of sp³-hybridized carbons (Fsp3) is 0.600. The van der Waals surface area contributed by atoms with Crippen molar-refractivity contribution < 1.29 is 9.50 Å². The van der Waals surface area contributed by atoms with Crippen molar-refractivity contribution in [1.82, 2.24) is 10.2 Å². The lowest BCUT2D eigenvalue weighted by molar-refractivity contribution is 0.0837. The first kappa shape index (κ1) is 21.9. The second-order valence-corrected chi connectivity index (χ2v) is 7.30. The Morgan fingerprint density at radius 1 is 1.23 bits per heavy atom. The molecular formula is C15H24BrCl2FN2O. The molecule has 0 bridgehead atoms. The number of piperazine rings is 1. The standard InChI is InChI=1S/C15H22BrFN2O.2ClH/c1-15(2,3)14(19-6-4-18-5-7-19)11-8-10(16)9-12(17)13(11)20;;/h8-9,14,18,20H,4-7H2,1-3H3;2*1H/t14-;;/m0../s1. The first-order valence-electron chi connectivity index (χ1n) is 6.93. The summed E-state index contributed by atoms with van der Waals surface area (Å²) >= 11 is 3.32. The lowest BCUT2D eigenvalue weighted by atomic mass is 9.80. The number of nitrogens with zero attached hydrogens (tertiary/aromatic N) is 1. The smallest absolute Gasteiger partial charge is 0.166 e. The van der Waals surface area contributed by atoms with E-state index in [0.717, 1.165) is 26.2 Å². The number of halogens is 4. The molecule has 1 aromatic carbocycles. The summed E-state index contributed by atoms with van der Waals surface area (Å²) in [4.78, 5) is 2.32. The maximum atomic E-state index is 13.8. The molecule has 1 heterocycles. The van der Waals surface area contributed by atoms with Gasteiger partial charge in [0.15, 0.2) is 11.6 Å². The molecule has 1 saturated heterocycles. The van der Waals surface area contributed by atoms with E-state index in [-0.39, 0.29) is 42.0 Å². The van der Waals surface area contributed by atoms with E-state index in [4.69, 9.17) is 0 Å². The van der Waals surface area contributed by atoms with Crippen molar-refractivity contribution >= 4 is 40.7 Å². The largest absolute Gasteiger partial charge is 0.505 e. The van der Waals surface area contributed by atoms with Crippen LogP contribution in [0.15, 0.2) is 16.6 Å². The predicted octanol–water partition coefficient (Wildman–Crippen LogP) is 4.13. The summed E-state index contributed by atoms with van der Waals surface area (Å²) in [6.07, 6.45) is 0. The van der Waals surface area contributed by atoms with E-state index in [0.29, 0.717) is 10.0 Å². The molecule has 0 saturated carbocycles. The van der Waals surface area contributed by atoms with Crippen LogP contribution in [-0.4, -0.2) is 36.2 Å². The summed E-state index contributed by atoms with van der Waals surface area (Å²) in [7, 11) is 0. The van der Waals surface area contributed by atoms with Gasteiger partial charge in [0, 0.05) is 42.3 Å². The Morgan fingerprint density at radius 2 is 1.77 bits per heavy atom. The second-order valence-electron chi connectivity index (χ2n) is 6.38. The fourth-order valence-electron chi connectivity index (χ4n) is 2.95. The van der Waals surface area contributed by atoms with Crippen molar-refractivity contribution in [1.29, 1.82) is 0 Å². The van der Waals surface area contributed by atoms with Crippen LogP contribution in [0.4, 0.5) is 4.39 Å². The summed E-state index contributed by atoms with van der Waals surface area (Å²) in [5.74, 6) is -0.801. The van der Waals surface area contributed by atoms with Crippen LogP contribution in [0.5, 0.6) is 5.75 Å². The molecule has 0 amide bonds. The zero-order valence-corrected chi connectivity index (χ0v) is 16.2. The van der Waals surface area contributed by atoms with Gasteiger partial charge in [0.05, 0.1) is 0 Å². The summed E-state index contributed by atoms with van der Waals surface area (Å²) in [5, 5.41) is 13.5. The van der Waals surface area contributed by atoms with Gasteiger partial charge in [-0.3, -0.25) is 4.90 Å². The highest BCUT2D eigenvalue weighted by molar-refractivity contribution is 9.10. The zero-order chi connectivity index (χ0) is 14.9. The minimum Gasteiger partial charge on any atom is -0.505 e. The third kappa shape index (κ3) is 4.96. The van der Waals surface area contributed by atoms with E-state index in [1.165, 1.54) is 6.07 Å². The second kappa shape index (κ2) is 8.69. The molecule has 1 aliphatic heterocycles. The quantitative estimate of drug-likeness (QED) is 0.759. The Bertz CT molecular complexity index is 491. The van der Waals surface area contributed by atoms with Crippen molar-refractivity contribution in [2.24, 2.45) is 5.41 Å². The minimum absolute atomic E-state index is 0. The molecule has 0 radical (unpaired) electrons. The molecule has 0 spiro atoms. The van der Waals surface area contributed by atoms with Gasteiger partial charge in [0.25, 0.3) is 0 Å². The topological polar surface area (TPSA) is 35.5 Å². The van der Waals surface area contributed by atoms with Crippen LogP contribution in [0.2, 0.25) is 0 Å². The van der Waals surface area contributed by atoms with Gasteiger partial charge >= 0.3 is 0 Å². The summed E-state index contributed by atoms with van der Waals surface area (Å²) in [6, 6.07) is 3.11. The number of nitrogens with one attached hydrogen (secondary N) is 1. The van der Waals surface area contributed by atoms with Crippen LogP contribution in [-0.2, 0) is 0 Å². The van der Waals surface area contributed by atoms with Gasteiger partial charge < -0.3 is 10.4 Å². The van der Waals surface area contributed by atoms with Gasteiger partial charge in [0.1, 0.15) is 0 Å². The highest BCUT2D eigenvalue weighted by Gasteiger charge is 2.35. The van der Waals surface area contributed by atoms with E-state index in [1.54, 1.807) is 0 Å². The van der Waals surface area contributed by atoms with Crippen LogP contribution in [0.3, 0.4) is 0 Å². The molecule has 2 rings (SSSR count). The first-order valence-corrected chi connectivity index (χ1v) is 7.72. The number of rotatable bonds is 2. The Morgan fingerprint density at radius 3 is 2.27 bits per heavy atom. The molecule has 0 aromatic heterocycles. The molecule has 0 aliphatic carbocycles. The lowest BCUT2D eigenvalue weighted by Crippen LogP contribution is -2.48. The van der Waals surface area contributed by atoms with Crippen LogP contribution in [0, 0.1) is 11.2 Å². The molecule has 2 N–H and O–H groups in total. The number of phenolic OH excluding ortho intramolecular Hbond substituents is 1. The van der Waals surface area contributed by atoms with Gasteiger partial charge in [0.2, 0.25) is 0 Å². The third-order valence-electron chi connectivity index (χ3n) is 3.69. The Labute approximate surface area is 152 Å². The monoisotopic (exact) mass is 416 g/mol. The fourth-order valence-corrected chi connectivity index (χ4v) is 3.39. The van der Waals surface area contributed by atoms with Crippen molar-refractivity contribution in [3.05, 3.63) is 28.0 Å². The molecule has 22 heavy (non-hydrogen) atoms. The maximum absolute atomic E-state index is 13.8. The number of phenols is 1. The molecule has 1 atom stereocenters. The predicted molar refractivity (Wildman–Crippen MR) is 96.9 cm³/mol. The number of benzene rings is 1. The van der Waals surface area contributed by atoms with Crippen LogP contribution < -0.4 is 5.32 Å². The molecule has 128 valence electrons. The summed E-state index contributed by atoms with van der Waals surface area (Å²) < 4.78 is 14.5. The highest BCUT2D eigenvalue weighted by Crippen LogP contribution is 2.43. The van der Waals surface area contributed by atoms with E-state index < -0.39 is 5.82 Å². The van der Waals surface area contributed by atoms with Crippen LogP contribution >= 0.6 is 40.7 Å². The highest BCUT2D eigenvalue weighted by atomic mass is 79.9. The van der Waals surface area contributed by atoms with Crippen LogP contribution in [0.1, 0.15) is 32.4 Å². The molecule has 7 heteroatoms. The summed E-state index contributed by atoms with van der Waals surface area (Å²) in [5.41, 5.74) is 0.563. The average molecular weight is 418 g/mol. The first-order chi connectivity index (χ1) is 9.30. The SMILES string of the molecule is CC(C)(C)[C@H](c1cc(Br)cc(F)c1O)N1CCNCC1.Cl.Cl. The Kier molecular flexibility index (Phi) is 8.66. The van der Waals surface area contributed by atoms with E-state index in [1.807, 2.05) is 6.07 Å². The normalized spacial score (nSPS) is 17.3. The minimum atomic E-state index is -0.571. The van der Waals surface area contributed by atoms with Gasteiger partial charge in [-0.25, -0.2) is 4.39 Å². The molecular weight excluding hydrogens is 394 g/mol. The number of hydrogen-bond acceptors (Lipinski definition) is 3. The number of aromatic hydroxyl groups is 1. The Balaban J connectivity index is 0.00000220. The molecule has 1 aliphatic rings. The molecule has 0 unspecified atom stereocenters.